The molecule has 4 unspecified atom stereocenters. The van der Waals surface area contributed by atoms with E-state index in [1.165, 1.54) is 38.5 Å². The first kappa shape index (κ1) is 15.0. The fourth-order valence-corrected chi connectivity index (χ4v) is 4.27. The lowest BCUT2D eigenvalue weighted by molar-refractivity contribution is 0.0595. The Balaban J connectivity index is 0.00000144. The molecule has 2 rings (SSSR count). The monoisotopic (exact) mass is 242 g/mol. The standard InChI is InChI=1S/C16H30.H2O.H2/c1-11-5-8-15(9-6-11)16-10-7-12(2)13(3)14(16)4;;/h11-16H,5-10H2,1-4H3;1H2;1H. The van der Waals surface area contributed by atoms with Crippen molar-refractivity contribution >= 4 is 0 Å². The maximum Gasteiger partial charge on any atom is 0 e. The predicted octanol–water partition coefficient (Wildman–Crippen LogP) is 4.55. The molecule has 0 heterocycles. The van der Waals surface area contributed by atoms with Crippen LogP contribution in [-0.2, 0) is 0 Å². The van der Waals surface area contributed by atoms with E-state index < -0.39 is 0 Å². The molecular formula is C16H34O. The van der Waals surface area contributed by atoms with Crippen LogP contribution in [0.2, 0.25) is 0 Å². The molecule has 1 heteroatoms. The Morgan fingerprint density at radius 3 is 1.88 bits per heavy atom. The zero-order valence-corrected chi connectivity index (χ0v) is 12.2. The highest BCUT2D eigenvalue weighted by Crippen LogP contribution is 2.46. The van der Waals surface area contributed by atoms with Crippen LogP contribution in [0.4, 0.5) is 0 Å². The van der Waals surface area contributed by atoms with Crippen molar-refractivity contribution in [3.05, 3.63) is 0 Å². The van der Waals surface area contributed by atoms with Gasteiger partial charge in [0.2, 0.25) is 0 Å². The van der Waals surface area contributed by atoms with Gasteiger partial charge >= 0.3 is 0 Å². The van der Waals surface area contributed by atoms with E-state index in [2.05, 4.69) is 27.7 Å². The fourth-order valence-electron chi connectivity index (χ4n) is 4.27. The van der Waals surface area contributed by atoms with E-state index in [0.29, 0.717) is 0 Å². The van der Waals surface area contributed by atoms with Gasteiger partial charge in [-0.05, 0) is 54.8 Å². The van der Waals surface area contributed by atoms with Crippen LogP contribution >= 0.6 is 0 Å². The first-order valence-electron chi connectivity index (χ1n) is 7.59. The zero-order chi connectivity index (χ0) is 11.7. The summed E-state index contributed by atoms with van der Waals surface area (Å²) >= 11 is 0. The molecule has 2 fully saturated rings. The van der Waals surface area contributed by atoms with Crippen LogP contribution in [0.25, 0.3) is 0 Å². The first-order chi connectivity index (χ1) is 7.59. The number of hydrogen-bond acceptors (Lipinski definition) is 0. The van der Waals surface area contributed by atoms with Gasteiger partial charge in [-0.15, -0.1) is 0 Å². The molecule has 0 radical (unpaired) electrons. The molecule has 0 aromatic heterocycles. The Morgan fingerprint density at radius 1 is 0.706 bits per heavy atom. The molecule has 2 aliphatic carbocycles. The molecular weight excluding hydrogens is 208 g/mol. The van der Waals surface area contributed by atoms with E-state index >= 15 is 0 Å². The van der Waals surface area contributed by atoms with E-state index in [1.807, 2.05) is 0 Å². The van der Waals surface area contributed by atoms with Crippen molar-refractivity contribution in [1.82, 2.24) is 0 Å². The lowest BCUT2D eigenvalue weighted by Gasteiger charge is -2.44. The topological polar surface area (TPSA) is 31.5 Å². The maximum absolute atomic E-state index is 2.53. The maximum atomic E-state index is 2.53. The molecule has 0 aliphatic heterocycles. The summed E-state index contributed by atoms with van der Waals surface area (Å²) < 4.78 is 0. The summed E-state index contributed by atoms with van der Waals surface area (Å²) in [4.78, 5) is 0. The second-order valence-corrected chi connectivity index (χ2v) is 6.96. The van der Waals surface area contributed by atoms with Gasteiger partial charge in [-0.25, -0.2) is 0 Å². The van der Waals surface area contributed by atoms with Gasteiger partial charge in [-0.2, -0.15) is 0 Å². The predicted molar refractivity (Wildman–Crippen MR) is 77.1 cm³/mol. The first-order valence-corrected chi connectivity index (χ1v) is 7.59. The lowest BCUT2D eigenvalue weighted by atomic mass is 9.62. The van der Waals surface area contributed by atoms with Gasteiger partial charge in [0.25, 0.3) is 0 Å². The largest absolute Gasteiger partial charge is 0.412 e. The average Bonchev–Trinajstić information content (AvgIpc) is 2.28. The second kappa shape index (κ2) is 6.22. The molecule has 0 amide bonds. The van der Waals surface area contributed by atoms with Crippen molar-refractivity contribution in [2.24, 2.45) is 35.5 Å². The minimum atomic E-state index is 0. The summed E-state index contributed by atoms with van der Waals surface area (Å²) in [6.07, 6.45) is 9.05. The summed E-state index contributed by atoms with van der Waals surface area (Å²) in [6.45, 7) is 9.92. The highest BCUT2D eigenvalue weighted by atomic mass is 16.0. The molecule has 2 aliphatic rings. The molecule has 2 N–H and O–H groups in total. The third-order valence-electron chi connectivity index (χ3n) is 6.02. The van der Waals surface area contributed by atoms with Crippen molar-refractivity contribution in [3.63, 3.8) is 0 Å². The molecule has 4 atom stereocenters. The smallest absolute Gasteiger partial charge is 0 e. The Morgan fingerprint density at radius 2 is 1.29 bits per heavy atom. The second-order valence-electron chi connectivity index (χ2n) is 6.96. The quantitative estimate of drug-likeness (QED) is 0.646. The van der Waals surface area contributed by atoms with E-state index in [0.717, 1.165) is 35.5 Å². The van der Waals surface area contributed by atoms with Crippen molar-refractivity contribution in [3.8, 4) is 0 Å². The van der Waals surface area contributed by atoms with Crippen molar-refractivity contribution in [2.75, 3.05) is 0 Å². The van der Waals surface area contributed by atoms with Gasteiger partial charge < -0.3 is 5.48 Å². The number of hydrogen-bond donors (Lipinski definition) is 0. The van der Waals surface area contributed by atoms with E-state index in [4.69, 9.17) is 0 Å². The number of rotatable bonds is 1. The third-order valence-corrected chi connectivity index (χ3v) is 6.02. The van der Waals surface area contributed by atoms with Gasteiger partial charge in [-0.3, -0.25) is 0 Å². The summed E-state index contributed by atoms with van der Waals surface area (Å²) in [7, 11) is 0. The van der Waals surface area contributed by atoms with Crippen LogP contribution in [0.3, 0.4) is 0 Å². The van der Waals surface area contributed by atoms with Crippen molar-refractivity contribution < 1.29 is 6.90 Å². The molecule has 0 aromatic carbocycles. The molecule has 0 aromatic rings. The Bertz CT molecular complexity index is 223. The van der Waals surface area contributed by atoms with Crippen LogP contribution < -0.4 is 0 Å². The lowest BCUT2D eigenvalue weighted by Crippen LogP contribution is -2.35. The van der Waals surface area contributed by atoms with Crippen LogP contribution in [0, 0.1) is 35.5 Å². The summed E-state index contributed by atoms with van der Waals surface area (Å²) in [6, 6.07) is 0. The van der Waals surface area contributed by atoms with Gasteiger partial charge in [-0.1, -0.05) is 47.0 Å². The van der Waals surface area contributed by atoms with Crippen LogP contribution in [0.5, 0.6) is 0 Å². The van der Waals surface area contributed by atoms with Gasteiger partial charge in [0, 0.05) is 1.43 Å². The van der Waals surface area contributed by atoms with Crippen molar-refractivity contribution in [1.29, 1.82) is 0 Å². The molecule has 0 bridgehead atoms. The van der Waals surface area contributed by atoms with E-state index in [-0.39, 0.29) is 6.90 Å². The van der Waals surface area contributed by atoms with E-state index in [1.54, 1.807) is 0 Å². The highest BCUT2D eigenvalue weighted by molar-refractivity contribution is 4.86. The van der Waals surface area contributed by atoms with E-state index in [9.17, 15) is 0 Å². The molecule has 0 saturated heterocycles. The molecule has 2 saturated carbocycles. The normalized spacial score (nSPS) is 47.3. The Hall–Kier alpha value is -0.0400. The SMILES string of the molecule is CC1CCC(C2CCC(C)C(C)C2C)CC1.O.[HH]. The molecule has 1 nitrogen and oxygen atoms in total. The molecule has 17 heavy (non-hydrogen) atoms. The third kappa shape index (κ3) is 3.24. The average molecular weight is 242 g/mol. The molecule has 104 valence electrons. The van der Waals surface area contributed by atoms with Crippen molar-refractivity contribution in [2.45, 2.75) is 66.2 Å². The van der Waals surface area contributed by atoms with Crippen LogP contribution in [-0.4, -0.2) is 5.48 Å². The zero-order valence-electron chi connectivity index (χ0n) is 12.2. The summed E-state index contributed by atoms with van der Waals surface area (Å²) in [5.41, 5.74) is 0. The summed E-state index contributed by atoms with van der Waals surface area (Å²) in [5, 5.41) is 0. The minimum absolute atomic E-state index is 0. The van der Waals surface area contributed by atoms with Gasteiger partial charge in [0.05, 0.1) is 0 Å². The summed E-state index contributed by atoms with van der Waals surface area (Å²) in [5.74, 6) is 6.03. The Labute approximate surface area is 109 Å². The van der Waals surface area contributed by atoms with Gasteiger partial charge in [0.15, 0.2) is 0 Å². The van der Waals surface area contributed by atoms with Gasteiger partial charge in [0.1, 0.15) is 0 Å². The Kier molecular flexibility index (Phi) is 5.50. The highest BCUT2D eigenvalue weighted by Gasteiger charge is 2.36. The minimum Gasteiger partial charge on any atom is -0.412 e. The fraction of sp³-hybridized carbons (Fsp3) is 1.00. The van der Waals surface area contributed by atoms with Crippen LogP contribution in [0.1, 0.15) is 67.6 Å². The molecule has 0 spiro atoms. The van der Waals surface area contributed by atoms with Crippen LogP contribution in [0.15, 0.2) is 0 Å².